The molecule has 2 amide bonds. The Labute approximate surface area is 173 Å². The molecule has 0 aliphatic heterocycles. The minimum Gasteiger partial charge on any atom is -0.322 e. The number of sulfonamides is 1. The summed E-state index contributed by atoms with van der Waals surface area (Å²) in [6.07, 6.45) is 0. The molecule has 154 valence electrons. The number of nitrogens with one attached hydrogen (secondary N) is 3. The molecule has 3 aromatic rings. The van der Waals surface area contributed by atoms with Gasteiger partial charge in [-0.3, -0.25) is 14.4 Å². The maximum atomic E-state index is 12.5. The Bertz CT molecular complexity index is 1150. The van der Waals surface area contributed by atoms with E-state index in [0.717, 1.165) is 0 Å². The van der Waals surface area contributed by atoms with E-state index in [0.29, 0.717) is 16.9 Å². The molecule has 0 heterocycles. The second-order valence-corrected chi connectivity index (χ2v) is 7.82. The Morgan fingerprint density at radius 2 is 1.27 bits per heavy atom. The second kappa shape index (κ2) is 9.31. The van der Waals surface area contributed by atoms with Gasteiger partial charge in [0.2, 0.25) is 0 Å². The van der Waals surface area contributed by atoms with Crippen LogP contribution in [0.15, 0.2) is 83.8 Å². The lowest BCUT2D eigenvalue weighted by molar-refractivity contribution is 0.101. The fourth-order valence-electron chi connectivity index (χ4n) is 2.61. The average molecular weight is 425 g/mol. The van der Waals surface area contributed by atoms with Crippen LogP contribution in [0.25, 0.3) is 0 Å². The molecule has 0 aliphatic rings. The molecule has 0 bridgehead atoms. The van der Waals surface area contributed by atoms with Crippen molar-refractivity contribution in [2.45, 2.75) is 4.90 Å². The van der Waals surface area contributed by atoms with E-state index < -0.39 is 15.9 Å². The molecule has 30 heavy (non-hydrogen) atoms. The summed E-state index contributed by atoms with van der Waals surface area (Å²) in [6.45, 7) is 0. The molecule has 9 heteroatoms. The monoisotopic (exact) mass is 425 g/mol. The van der Waals surface area contributed by atoms with Crippen molar-refractivity contribution in [1.82, 2.24) is 4.89 Å². The summed E-state index contributed by atoms with van der Waals surface area (Å²) in [7, 11) is -2.61. The van der Waals surface area contributed by atoms with Crippen molar-refractivity contribution in [2.75, 3.05) is 17.7 Å². The minimum atomic E-state index is -3.80. The molecule has 0 aromatic heterocycles. The molecule has 3 N–H and O–H groups in total. The molecule has 8 nitrogen and oxygen atoms in total. The number of hydrogen-bond acceptors (Lipinski definition) is 5. The smallest absolute Gasteiger partial charge is 0.262 e. The molecule has 0 fully saturated rings. The van der Waals surface area contributed by atoms with Gasteiger partial charge in [0.05, 0.1) is 12.0 Å². The average Bonchev–Trinajstić information content (AvgIpc) is 2.74. The molecule has 3 rings (SSSR count). The zero-order valence-electron chi connectivity index (χ0n) is 16.0. The predicted molar refractivity (Wildman–Crippen MR) is 113 cm³/mol. The fraction of sp³-hybridized carbons (Fsp3) is 0.0476. The van der Waals surface area contributed by atoms with Crippen molar-refractivity contribution in [2.24, 2.45) is 0 Å². The van der Waals surface area contributed by atoms with Crippen LogP contribution in [0.3, 0.4) is 0 Å². The van der Waals surface area contributed by atoms with Gasteiger partial charge in [-0.2, -0.15) is 0 Å². The van der Waals surface area contributed by atoms with Crippen LogP contribution in [0, 0.1) is 0 Å². The normalized spacial score (nSPS) is 11.0. The van der Waals surface area contributed by atoms with Crippen molar-refractivity contribution < 1.29 is 22.8 Å². The van der Waals surface area contributed by atoms with Crippen molar-refractivity contribution in [3.8, 4) is 0 Å². The molecule has 0 saturated heterocycles. The number of amides is 2. The van der Waals surface area contributed by atoms with Crippen molar-refractivity contribution in [1.29, 1.82) is 0 Å². The van der Waals surface area contributed by atoms with Gasteiger partial charge < -0.3 is 10.6 Å². The van der Waals surface area contributed by atoms with Gasteiger partial charge in [-0.15, -0.1) is 0 Å². The molecular formula is C21H19N3O5S. The maximum absolute atomic E-state index is 12.5. The SMILES string of the molecule is CONS(=O)(=O)c1ccc(C(=O)Nc2cccc(NC(=O)c3ccccc3)c2)cc1. The first-order chi connectivity index (χ1) is 14.4. The molecule has 0 atom stereocenters. The fourth-order valence-corrected chi connectivity index (χ4v) is 3.42. The van der Waals surface area contributed by atoms with Crippen LogP contribution < -0.4 is 15.5 Å². The van der Waals surface area contributed by atoms with Gasteiger partial charge in [-0.05, 0) is 54.6 Å². The largest absolute Gasteiger partial charge is 0.322 e. The van der Waals surface area contributed by atoms with Gasteiger partial charge in [-0.1, -0.05) is 29.2 Å². The quantitative estimate of drug-likeness (QED) is 0.504. The van der Waals surface area contributed by atoms with Crippen molar-refractivity contribution in [3.05, 3.63) is 90.0 Å². The van der Waals surface area contributed by atoms with Gasteiger partial charge in [0, 0.05) is 22.5 Å². The summed E-state index contributed by atoms with van der Waals surface area (Å²) in [5.41, 5.74) is 1.78. The van der Waals surface area contributed by atoms with Crippen LogP contribution >= 0.6 is 0 Å². The maximum Gasteiger partial charge on any atom is 0.262 e. The van der Waals surface area contributed by atoms with Crippen LogP contribution in [0.4, 0.5) is 11.4 Å². The number of benzene rings is 3. The summed E-state index contributed by atoms with van der Waals surface area (Å²) < 4.78 is 23.7. The highest BCUT2D eigenvalue weighted by molar-refractivity contribution is 7.89. The summed E-state index contributed by atoms with van der Waals surface area (Å²) in [5, 5.41) is 5.49. The third-order valence-corrected chi connectivity index (χ3v) is 5.31. The molecule has 0 radical (unpaired) electrons. The zero-order chi connectivity index (χ0) is 21.6. The first-order valence-electron chi connectivity index (χ1n) is 8.82. The third-order valence-electron chi connectivity index (χ3n) is 4.03. The van der Waals surface area contributed by atoms with Crippen LogP contribution in [-0.4, -0.2) is 27.3 Å². The van der Waals surface area contributed by atoms with E-state index in [-0.39, 0.29) is 16.4 Å². The van der Waals surface area contributed by atoms with E-state index in [1.54, 1.807) is 48.5 Å². The van der Waals surface area contributed by atoms with Gasteiger partial charge in [-0.25, -0.2) is 8.42 Å². The zero-order valence-corrected chi connectivity index (χ0v) is 16.8. The third kappa shape index (κ3) is 5.29. The highest BCUT2D eigenvalue weighted by atomic mass is 32.2. The summed E-state index contributed by atoms with van der Waals surface area (Å²) in [6, 6.07) is 20.9. The Morgan fingerprint density at radius 3 is 1.80 bits per heavy atom. The summed E-state index contributed by atoms with van der Waals surface area (Å²) in [5.74, 6) is -0.689. The number of carbonyl (C=O) groups is 2. The minimum absolute atomic E-state index is 0.0356. The van der Waals surface area contributed by atoms with Crippen LogP contribution in [0.1, 0.15) is 20.7 Å². The number of rotatable bonds is 7. The van der Waals surface area contributed by atoms with Crippen molar-refractivity contribution >= 4 is 33.2 Å². The number of hydrogen-bond donors (Lipinski definition) is 3. The molecule has 0 saturated carbocycles. The Morgan fingerprint density at radius 1 is 0.733 bits per heavy atom. The molecule has 3 aromatic carbocycles. The van der Waals surface area contributed by atoms with E-state index in [9.17, 15) is 18.0 Å². The van der Waals surface area contributed by atoms with E-state index >= 15 is 0 Å². The number of carbonyl (C=O) groups excluding carboxylic acids is 2. The first kappa shape index (κ1) is 21.2. The number of anilines is 2. The van der Waals surface area contributed by atoms with Gasteiger partial charge >= 0.3 is 0 Å². The summed E-state index contributed by atoms with van der Waals surface area (Å²) >= 11 is 0. The Kier molecular flexibility index (Phi) is 6.58. The molecule has 0 unspecified atom stereocenters. The first-order valence-corrected chi connectivity index (χ1v) is 10.3. The van der Waals surface area contributed by atoms with Gasteiger partial charge in [0.1, 0.15) is 0 Å². The van der Waals surface area contributed by atoms with E-state index in [1.807, 2.05) is 11.0 Å². The lowest BCUT2D eigenvalue weighted by atomic mass is 10.2. The van der Waals surface area contributed by atoms with Gasteiger partial charge in [0.15, 0.2) is 0 Å². The van der Waals surface area contributed by atoms with Crippen LogP contribution in [0.5, 0.6) is 0 Å². The van der Waals surface area contributed by atoms with Crippen molar-refractivity contribution in [3.63, 3.8) is 0 Å². The highest BCUT2D eigenvalue weighted by Crippen LogP contribution is 2.18. The summed E-state index contributed by atoms with van der Waals surface area (Å²) in [4.78, 5) is 31.0. The van der Waals surface area contributed by atoms with Gasteiger partial charge in [0.25, 0.3) is 21.8 Å². The second-order valence-electron chi connectivity index (χ2n) is 6.17. The van der Waals surface area contributed by atoms with E-state index in [4.69, 9.17) is 0 Å². The van der Waals surface area contributed by atoms with Crippen LogP contribution in [-0.2, 0) is 14.9 Å². The lowest BCUT2D eigenvalue weighted by Crippen LogP contribution is -2.22. The molecular weight excluding hydrogens is 406 g/mol. The lowest BCUT2D eigenvalue weighted by Gasteiger charge is -2.10. The Balaban J connectivity index is 1.68. The van der Waals surface area contributed by atoms with E-state index in [2.05, 4.69) is 15.5 Å². The molecule has 0 aliphatic carbocycles. The van der Waals surface area contributed by atoms with E-state index in [1.165, 1.54) is 31.4 Å². The molecule has 0 spiro atoms. The topological polar surface area (TPSA) is 114 Å². The Hall–Kier alpha value is -3.53. The van der Waals surface area contributed by atoms with Crippen LogP contribution in [0.2, 0.25) is 0 Å². The standard InChI is InChI=1S/C21H19N3O5S/c1-29-24-30(27,28)19-12-10-16(11-13-19)21(26)23-18-9-5-8-17(14-18)22-20(25)15-6-3-2-4-7-15/h2-14,24H,1H3,(H,22,25)(H,23,26). The highest BCUT2D eigenvalue weighted by Gasteiger charge is 2.15. The predicted octanol–water partition coefficient (Wildman–Crippen LogP) is 3.03.